The standard InChI is InChI=1S/C22H30N2O/c1-4-6-8-9-14-24-21-16-18(25-15-7-5-2)10-11-19(21)20-12-13-23-17(3)22(20)24/h10-13,16H,4-9,14-15H2,1-3H3. The highest BCUT2D eigenvalue weighted by Gasteiger charge is 2.13. The van der Waals surface area contributed by atoms with Crippen LogP contribution < -0.4 is 4.74 Å². The lowest BCUT2D eigenvalue weighted by Crippen LogP contribution is -2.01. The molecule has 134 valence electrons. The minimum atomic E-state index is 0.791. The molecule has 0 amide bonds. The third-order valence-corrected chi connectivity index (χ3v) is 4.93. The van der Waals surface area contributed by atoms with Gasteiger partial charge < -0.3 is 9.30 Å². The van der Waals surface area contributed by atoms with Gasteiger partial charge in [-0.2, -0.15) is 0 Å². The summed E-state index contributed by atoms with van der Waals surface area (Å²) in [7, 11) is 0. The molecule has 0 bridgehead atoms. The van der Waals surface area contributed by atoms with Crippen LogP contribution in [0.2, 0.25) is 0 Å². The molecular formula is C22H30N2O. The number of ether oxygens (including phenoxy) is 1. The van der Waals surface area contributed by atoms with E-state index in [0.29, 0.717) is 0 Å². The average Bonchev–Trinajstić information content (AvgIpc) is 2.94. The molecule has 3 heteroatoms. The number of rotatable bonds is 9. The summed E-state index contributed by atoms with van der Waals surface area (Å²) in [5.74, 6) is 0.976. The van der Waals surface area contributed by atoms with E-state index >= 15 is 0 Å². The molecule has 0 radical (unpaired) electrons. The van der Waals surface area contributed by atoms with E-state index in [1.165, 1.54) is 47.5 Å². The van der Waals surface area contributed by atoms with Gasteiger partial charge in [0.2, 0.25) is 0 Å². The molecule has 0 N–H and O–H groups in total. The fourth-order valence-electron chi connectivity index (χ4n) is 3.55. The van der Waals surface area contributed by atoms with E-state index in [1.54, 1.807) is 0 Å². The Hall–Kier alpha value is -2.03. The maximum Gasteiger partial charge on any atom is 0.121 e. The van der Waals surface area contributed by atoms with E-state index in [-0.39, 0.29) is 0 Å². The number of nitrogens with zero attached hydrogens (tertiary/aromatic N) is 2. The van der Waals surface area contributed by atoms with Gasteiger partial charge in [0.15, 0.2) is 0 Å². The Morgan fingerprint density at radius 1 is 0.960 bits per heavy atom. The number of aryl methyl sites for hydroxylation is 2. The van der Waals surface area contributed by atoms with Gasteiger partial charge in [-0.05, 0) is 38.0 Å². The molecule has 0 atom stereocenters. The molecular weight excluding hydrogens is 308 g/mol. The highest BCUT2D eigenvalue weighted by molar-refractivity contribution is 6.09. The van der Waals surface area contributed by atoms with Crippen molar-refractivity contribution in [2.24, 2.45) is 0 Å². The highest BCUT2D eigenvalue weighted by Crippen LogP contribution is 2.33. The Morgan fingerprint density at radius 2 is 1.80 bits per heavy atom. The zero-order valence-electron chi connectivity index (χ0n) is 15.8. The molecule has 0 saturated carbocycles. The van der Waals surface area contributed by atoms with Crippen LogP contribution in [0.15, 0.2) is 30.5 Å². The van der Waals surface area contributed by atoms with Crippen LogP contribution in [0.1, 0.15) is 58.1 Å². The predicted octanol–water partition coefficient (Wildman–Crippen LogP) is 6.26. The van der Waals surface area contributed by atoms with Gasteiger partial charge in [-0.3, -0.25) is 4.98 Å². The monoisotopic (exact) mass is 338 g/mol. The molecule has 0 spiro atoms. The Kier molecular flexibility index (Phi) is 5.95. The largest absolute Gasteiger partial charge is 0.494 e. The van der Waals surface area contributed by atoms with E-state index < -0.39 is 0 Å². The van der Waals surface area contributed by atoms with Crippen LogP contribution in [0, 0.1) is 6.92 Å². The highest BCUT2D eigenvalue weighted by atomic mass is 16.5. The summed E-state index contributed by atoms with van der Waals surface area (Å²) in [6.07, 6.45) is 9.24. The molecule has 2 aromatic heterocycles. The SMILES string of the molecule is CCCCCCn1c2cc(OCCCC)ccc2c2ccnc(C)c21. The van der Waals surface area contributed by atoms with Gasteiger partial charge in [-0.25, -0.2) is 0 Å². The second-order valence-electron chi connectivity index (χ2n) is 6.89. The van der Waals surface area contributed by atoms with Crippen molar-refractivity contribution in [1.82, 2.24) is 9.55 Å². The number of hydrogen-bond donors (Lipinski definition) is 0. The number of benzene rings is 1. The summed E-state index contributed by atoms with van der Waals surface area (Å²) in [5, 5.41) is 2.61. The Labute approximate surface area is 151 Å². The van der Waals surface area contributed by atoms with E-state index in [0.717, 1.165) is 37.4 Å². The smallest absolute Gasteiger partial charge is 0.121 e. The number of aromatic nitrogens is 2. The summed E-state index contributed by atoms with van der Waals surface area (Å²) >= 11 is 0. The quantitative estimate of drug-likeness (QED) is 0.431. The molecule has 3 rings (SSSR count). The van der Waals surface area contributed by atoms with Gasteiger partial charge in [-0.15, -0.1) is 0 Å². The summed E-state index contributed by atoms with van der Waals surface area (Å²) in [4.78, 5) is 4.54. The molecule has 0 aliphatic rings. The maximum absolute atomic E-state index is 5.95. The Balaban J connectivity index is 2.01. The number of pyridine rings is 1. The van der Waals surface area contributed by atoms with Gasteiger partial charge in [0.05, 0.1) is 23.3 Å². The van der Waals surface area contributed by atoms with Crippen LogP contribution in [0.3, 0.4) is 0 Å². The van der Waals surface area contributed by atoms with E-state index in [2.05, 4.69) is 54.6 Å². The lowest BCUT2D eigenvalue weighted by molar-refractivity contribution is 0.309. The molecule has 0 aliphatic heterocycles. The fraction of sp³-hybridized carbons (Fsp3) is 0.500. The van der Waals surface area contributed by atoms with Gasteiger partial charge in [0, 0.05) is 29.6 Å². The van der Waals surface area contributed by atoms with Crippen molar-refractivity contribution in [3.8, 4) is 5.75 Å². The van der Waals surface area contributed by atoms with Crippen molar-refractivity contribution in [2.45, 2.75) is 65.8 Å². The van der Waals surface area contributed by atoms with E-state index in [1.807, 2.05) is 6.20 Å². The summed E-state index contributed by atoms with van der Waals surface area (Å²) < 4.78 is 8.40. The molecule has 1 aromatic carbocycles. The van der Waals surface area contributed by atoms with Gasteiger partial charge >= 0.3 is 0 Å². The van der Waals surface area contributed by atoms with Crippen molar-refractivity contribution in [1.29, 1.82) is 0 Å². The number of fused-ring (bicyclic) bond motifs is 3. The molecule has 0 aliphatic carbocycles. The van der Waals surface area contributed by atoms with E-state index in [4.69, 9.17) is 4.74 Å². The fourth-order valence-corrected chi connectivity index (χ4v) is 3.55. The number of unbranched alkanes of at least 4 members (excludes halogenated alkanes) is 4. The molecule has 2 heterocycles. The van der Waals surface area contributed by atoms with Crippen LogP contribution in [0.25, 0.3) is 21.8 Å². The molecule has 0 saturated heterocycles. The minimum Gasteiger partial charge on any atom is -0.494 e. The topological polar surface area (TPSA) is 27.1 Å². The second-order valence-corrected chi connectivity index (χ2v) is 6.89. The van der Waals surface area contributed by atoms with Crippen molar-refractivity contribution in [2.75, 3.05) is 6.61 Å². The third-order valence-electron chi connectivity index (χ3n) is 4.93. The first kappa shape index (κ1) is 17.8. The predicted molar refractivity (Wildman–Crippen MR) is 107 cm³/mol. The van der Waals surface area contributed by atoms with E-state index in [9.17, 15) is 0 Å². The zero-order valence-corrected chi connectivity index (χ0v) is 15.8. The first-order valence-corrected chi connectivity index (χ1v) is 9.76. The van der Waals surface area contributed by atoms with Crippen LogP contribution in [0.4, 0.5) is 0 Å². The van der Waals surface area contributed by atoms with Crippen molar-refractivity contribution >= 4 is 21.8 Å². The molecule has 0 unspecified atom stereocenters. The molecule has 25 heavy (non-hydrogen) atoms. The van der Waals surface area contributed by atoms with Gasteiger partial charge in [-0.1, -0.05) is 39.5 Å². The average molecular weight is 338 g/mol. The van der Waals surface area contributed by atoms with Crippen molar-refractivity contribution in [3.63, 3.8) is 0 Å². The van der Waals surface area contributed by atoms with Crippen LogP contribution in [-0.2, 0) is 6.54 Å². The Bertz CT molecular complexity index is 835. The summed E-state index contributed by atoms with van der Waals surface area (Å²) in [5.41, 5.74) is 3.66. The molecule has 3 nitrogen and oxygen atoms in total. The third kappa shape index (κ3) is 3.81. The number of hydrogen-bond acceptors (Lipinski definition) is 2. The van der Waals surface area contributed by atoms with Crippen LogP contribution in [-0.4, -0.2) is 16.2 Å². The summed E-state index contributed by atoms with van der Waals surface area (Å²) in [6, 6.07) is 8.67. The maximum atomic E-state index is 5.95. The van der Waals surface area contributed by atoms with Crippen molar-refractivity contribution in [3.05, 3.63) is 36.2 Å². The minimum absolute atomic E-state index is 0.791. The first-order valence-electron chi connectivity index (χ1n) is 9.76. The molecule has 0 fully saturated rings. The lowest BCUT2D eigenvalue weighted by Gasteiger charge is -2.10. The lowest BCUT2D eigenvalue weighted by atomic mass is 10.1. The Morgan fingerprint density at radius 3 is 2.60 bits per heavy atom. The summed E-state index contributed by atoms with van der Waals surface area (Å²) in [6.45, 7) is 8.40. The normalized spacial score (nSPS) is 11.5. The zero-order chi connectivity index (χ0) is 17.6. The second kappa shape index (κ2) is 8.37. The van der Waals surface area contributed by atoms with Crippen molar-refractivity contribution < 1.29 is 4.74 Å². The van der Waals surface area contributed by atoms with Gasteiger partial charge in [0.25, 0.3) is 0 Å². The van der Waals surface area contributed by atoms with Gasteiger partial charge in [0.1, 0.15) is 5.75 Å². The first-order chi connectivity index (χ1) is 12.3. The van der Waals surface area contributed by atoms with Crippen LogP contribution in [0.5, 0.6) is 5.75 Å². The molecule has 3 aromatic rings. The van der Waals surface area contributed by atoms with Crippen LogP contribution >= 0.6 is 0 Å².